The predicted octanol–water partition coefficient (Wildman–Crippen LogP) is 14.6. The van der Waals surface area contributed by atoms with E-state index < -0.39 is 0 Å². The molecule has 0 N–H and O–H groups in total. The molecule has 0 bridgehead atoms. The molecule has 0 nitrogen and oxygen atoms in total. The van der Waals surface area contributed by atoms with Gasteiger partial charge in [-0.2, -0.15) is 0 Å². The van der Waals surface area contributed by atoms with E-state index in [0.717, 1.165) is 0 Å². The van der Waals surface area contributed by atoms with Crippen molar-refractivity contribution in [2.45, 2.75) is 19.3 Å². The topological polar surface area (TPSA) is 0 Å². The van der Waals surface area contributed by atoms with Crippen molar-refractivity contribution in [3.63, 3.8) is 0 Å². The van der Waals surface area contributed by atoms with Crippen molar-refractivity contribution in [1.82, 2.24) is 0 Å². The Hall–Kier alpha value is -6.50. The van der Waals surface area contributed by atoms with Gasteiger partial charge in [0.05, 0.1) is 0 Å². The lowest BCUT2D eigenvalue weighted by Crippen LogP contribution is -2.14. The zero-order chi connectivity index (χ0) is 35.5. The number of fused-ring (bicyclic) bond motifs is 5. The van der Waals surface area contributed by atoms with Crippen LogP contribution >= 0.6 is 0 Å². The molecular weight excluding hydrogens is 637 g/mol. The van der Waals surface area contributed by atoms with Crippen LogP contribution in [-0.4, -0.2) is 0 Å². The molecule has 10 rings (SSSR count). The summed E-state index contributed by atoms with van der Waals surface area (Å²) in [6.45, 7) is 4.75. The average Bonchev–Trinajstić information content (AvgIpc) is 3.46. The van der Waals surface area contributed by atoms with Crippen molar-refractivity contribution >= 4 is 21.5 Å². The van der Waals surface area contributed by atoms with Crippen molar-refractivity contribution in [2.75, 3.05) is 0 Å². The highest BCUT2D eigenvalue weighted by Crippen LogP contribution is 2.55. The summed E-state index contributed by atoms with van der Waals surface area (Å²) in [7, 11) is 0. The fourth-order valence-electron chi connectivity index (χ4n) is 8.96. The lowest BCUT2D eigenvalue weighted by molar-refractivity contribution is 0.660. The lowest BCUT2D eigenvalue weighted by atomic mass is 9.80. The van der Waals surface area contributed by atoms with Gasteiger partial charge in [-0.1, -0.05) is 202 Å². The van der Waals surface area contributed by atoms with Gasteiger partial charge in [0.15, 0.2) is 0 Å². The van der Waals surface area contributed by atoms with E-state index in [-0.39, 0.29) is 5.41 Å². The third-order valence-electron chi connectivity index (χ3n) is 11.5. The molecule has 0 amide bonds. The molecule has 0 fully saturated rings. The minimum atomic E-state index is -0.0856. The Labute approximate surface area is 311 Å². The monoisotopic (exact) mass is 674 g/mol. The van der Waals surface area contributed by atoms with Crippen LogP contribution in [0.3, 0.4) is 0 Å². The number of hydrogen-bond acceptors (Lipinski definition) is 0. The van der Waals surface area contributed by atoms with Crippen LogP contribution in [-0.2, 0) is 5.41 Å². The Kier molecular flexibility index (Phi) is 7.27. The van der Waals surface area contributed by atoms with Gasteiger partial charge in [-0.15, -0.1) is 0 Å². The van der Waals surface area contributed by atoms with Crippen molar-refractivity contribution < 1.29 is 0 Å². The molecule has 0 aliphatic heterocycles. The molecule has 250 valence electrons. The molecule has 9 aromatic rings. The Morgan fingerprint density at radius 3 is 1.42 bits per heavy atom. The zero-order valence-electron chi connectivity index (χ0n) is 30.0. The first kappa shape index (κ1) is 31.3. The first-order valence-corrected chi connectivity index (χ1v) is 18.6. The summed E-state index contributed by atoms with van der Waals surface area (Å²) in [5, 5.41) is 5.06. The third-order valence-corrected chi connectivity index (χ3v) is 11.5. The quantitative estimate of drug-likeness (QED) is 0.159. The molecule has 0 heteroatoms. The zero-order valence-corrected chi connectivity index (χ0v) is 30.0. The smallest absolute Gasteiger partial charge is 0.0159 e. The van der Waals surface area contributed by atoms with E-state index >= 15 is 0 Å². The molecule has 0 spiro atoms. The Morgan fingerprint density at radius 1 is 0.264 bits per heavy atom. The van der Waals surface area contributed by atoms with E-state index in [1.165, 1.54) is 99.4 Å². The standard InChI is InChI=1S/C53H38/c1-53(2)48-26-14-13-24-45(48)52-46(25-15-27-49(52)53)51-43-23-12-11-22-42(43)50(44-33-32-39(34-47(44)51)36-18-7-4-8-19-36)41-21-10-9-20-40(41)38-30-28-37(29-31-38)35-16-5-3-6-17-35/h3-34H,1-2H3. The van der Waals surface area contributed by atoms with Crippen LogP contribution in [0.15, 0.2) is 194 Å². The van der Waals surface area contributed by atoms with Crippen LogP contribution in [0.5, 0.6) is 0 Å². The molecule has 53 heavy (non-hydrogen) atoms. The molecule has 0 aromatic heterocycles. The fraction of sp³-hybridized carbons (Fsp3) is 0.0566. The highest BCUT2D eigenvalue weighted by atomic mass is 14.4. The minimum absolute atomic E-state index is 0.0856. The Morgan fingerprint density at radius 2 is 0.717 bits per heavy atom. The summed E-state index contributed by atoms with van der Waals surface area (Å²) < 4.78 is 0. The first-order valence-electron chi connectivity index (χ1n) is 18.6. The van der Waals surface area contributed by atoms with Crippen LogP contribution in [0.25, 0.3) is 88.3 Å². The summed E-state index contributed by atoms with van der Waals surface area (Å²) >= 11 is 0. The third kappa shape index (κ3) is 4.98. The van der Waals surface area contributed by atoms with Gasteiger partial charge < -0.3 is 0 Å². The van der Waals surface area contributed by atoms with Gasteiger partial charge in [-0.3, -0.25) is 0 Å². The van der Waals surface area contributed by atoms with E-state index in [1.807, 2.05) is 0 Å². The maximum atomic E-state index is 2.44. The van der Waals surface area contributed by atoms with E-state index in [1.54, 1.807) is 0 Å². The molecular formula is C53H38. The van der Waals surface area contributed by atoms with Crippen LogP contribution < -0.4 is 0 Å². The molecule has 0 radical (unpaired) electrons. The fourth-order valence-corrected chi connectivity index (χ4v) is 8.96. The minimum Gasteiger partial charge on any atom is -0.0622 e. The second-order valence-corrected chi connectivity index (χ2v) is 14.8. The van der Waals surface area contributed by atoms with E-state index in [9.17, 15) is 0 Å². The average molecular weight is 675 g/mol. The van der Waals surface area contributed by atoms with Gasteiger partial charge in [0.2, 0.25) is 0 Å². The van der Waals surface area contributed by atoms with Crippen molar-refractivity contribution in [3.05, 3.63) is 205 Å². The van der Waals surface area contributed by atoms with Gasteiger partial charge in [0.1, 0.15) is 0 Å². The van der Waals surface area contributed by atoms with Crippen LogP contribution in [0, 0.1) is 0 Å². The molecule has 1 aliphatic carbocycles. The summed E-state index contributed by atoms with van der Waals surface area (Å²) in [6.07, 6.45) is 0. The van der Waals surface area contributed by atoms with Gasteiger partial charge in [-0.05, 0) is 105 Å². The lowest BCUT2D eigenvalue weighted by Gasteiger charge is -2.23. The number of hydrogen-bond donors (Lipinski definition) is 0. The largest absolute Gasteiger partial charge is 0.0622 e. The van der Waals surface area contributed by atoms with E-state index in [2.05, 4.69) is 208 Å². The van der Waals surface area contributed by atoms with Gasteiger partial charge >= 0.3 is 0 Å². The predicted molar refractivity (Wildman–Crippen MR) is 226 cm³/mol. The normalized spacial score (nSPS) is 12.9. The van der Waals surface area contributed by atoms with Gasteiger partial charge in [0.25, 0.3) is 0 Å². The molecule has 9 aromatic carbocycles. The van der Waals surface area contributed by atoms with Gasteiger partial charge in [0, 0.05) is 5.41 Å². The first-order chi connectivity index (χ1) is 26.1. The van der Waals surface area contributed by atoms with E-state index in [0.29, 0.717) is 0 Å². The summed E-state index contributed by atoms with van der Waals surface area (Å²) in [5.74, 6) is 0. The van der Waals surface area contributed by atoms with Gasteiger partial charge in [-0.25, -0.2) is 0 Å². The highest BCUT2D eigenvalue weighted by molar-refractivity contribution is 6.24. The van der Waals surface area contributed by atoms with Crippen molar-refractivity contribution in [2.24, 2.45) is 0 Å². The van der Waals surface area contributed by atoms with Crippen LogP contribution in [0.2, 0.25) is 0 Å². The van der Waals surface area contributed by atoms with E-state index in [4.69, 9.17) is 0 Å². The van der Waals surface area contributed by atoms with Crippen LogP contribution in [0.1, 0.15) is 25.0 Å². The summed E-state index contributed by atoms with van der Waals surface area (Å²) in [6, 6.07) is 71.6. The maximum Gasteiger partial charge on any atom is 0.0159 e. The van der Waals surface area contributed by atoms with Crippen molar-refractivity contribution in [3.8, 4) is 66.8 Å². The molecule has 0 heterocycles. The Balaban J connectivity index is 1.28. The number of benzene rings is 9. The maximum absolute atomic E-state index is 2.44. The Bertz CT molecular complexity index is 2820. The highest BCUT2D eigenvalue weighted by Gasteiger charge is 2.37. The summed E-state index contributed by atoms with van der Waals surface area (Å²) in [5.41, 5.74) is 17.8. The summed E-state index contributed by atoms with van der Waals surface area (Å²) in [4.78, 5) is 0. The molecule has 0 saturated heterocycles. The molecule has 0 saturated carbocycles. The SMILES string of the molecule is CC1(C)c2ccccc2-c2c(-c3c4ccccc4c(-c4ccccc4-c4ccc(-c5ccccc5)cc4)c4ccc(-c5ccccc5)cc34)cccc21. The molecule has 0 unspecified atom stereocenters. The second kappa shape index (κ2) is 12.3. The second-order valence-electron chi connectivity index (χ2n) is 14.8. The van der Waals surface area contributed by atoms with Crippen molar-refractivity contribution in [1.29, 1.82) is 0 Å². The molecule has 1 aliphatic rings. The number of rotatable bonds is 5. The molecule has 0 atom stereocenters. The van der Waals surface area contributed by atoms with Crippen LogP contribution in [0.4, 0.5) is 0 Å².